The van der Waals surface area contributed by atoms with Crippen LogP contribution in [0.3, 0.4) is 0 Å². The Morgan fingerprint density at radius 2 is 1.14 bits per heavy atom. The smallest absolute Gasteiger partial charge is 0.382 e. The zero-order valence-corrected chi connectivity index (χ0v) is 27.1. The molecule has 4 aromatic heterocycles. The van der Waals surface area contributed by atoms with Crippen LogP contribution in [0.5, 0.6) is 0 Å². The van der Waals surface area contributed by atoms with Crippen molar-refractivity contribution in [3.8, 4) is 0 Å². The molecular weight excluding hydrogens is 705 g/mol. The molecule has 0 aliphatic carbocycles. The van der Waals surface area contributed by atoms with Crippen molar-refractivity contribution in [2.45, 2.75) is 49.7 Å². The Hall–Kier alpha value is -1.80. The number of ether oxygens (including phenoxy) is 2. The van der Waals surface area contributed by atoms with Crippen LogP contribution in [0.4, 0.5) is 11.6 Å². The molecule has 0 aromatic carbocycles. The van der Waals surface area contributed by atoms with E-state index in [4.69, 9.17) is 62.2 Å². The second-order valence-electron chi connectivity index (χ2n) is 9.95. The van der Waals surface area contributed by atoms with Crippen LogP contribution < -0.4 is 11.5 Å². The SMILES string of the molecule is Nc1nc(Cl)nc2c1ncn2[C@H]1CC2O[P@](=O)(S)OC[C@H]3O[C@@H](n4cnc5c(N)nc(Cl)nc54)CC3O[P@](=O)(S)OC[C@H]2O1. The van der Waals surface area contributed by atoms with Gasteiger partial charge in [0.25, 0.3) is 0 Å². The first-order valence-corrected chi connectivity index (χ1v) is 18.9. The number of nitrogen functional groups attached to an aromatic ring is 2. The second kappa shape index (κ2) is 11.5. The molecule has 3 saturated heterocycles. The number of anilines is 2. The van der Waals surface area contributed by atoms with Gasteiger partial charge in [0.1, 0.15) is 47.9 Å². The molecule has 0 spiro atoms. The molecule has 7 rings (SSSR count). The van der Waals surface area contributed by atoms with Gasteiger partial charge in [-0.2, -0.15) is 19.9 Å². The van der Waals surface area contributed by atoms with Gasteiger partial charge in [-0.25, -0.2) is 19.1 Å². The summed E-state index contributed by atoms with van der Waals surface area (Å²) in [4.78, 5) is 24.7. The van der Waals surface area contributed by atoms with Gasteiger partial charge in [0.05, 0.1) is 25.9 Å². The Morgan fingerprint density at radius 1 is 0.727 bits per heavy atom. The number of aromatic nitrogens is 8. The van der Waals surface area contributed by atoms with Crippen molar-refractivity contribution < 1.29 is 36.7 Å². The Bertz CT molecular complexity index is 1740. The zero-order chi connectivity index (χ0) is 31.0. The van der Waals surface area contributed by atoms with E-state index in [9.17, 15) is 9.13 Å². The van der Waals surface area contributed by atoms with Crippen molar-refractivity contribution in [2.24, 2.45) is 0 Å². The first-order valence-electron chi connectivity index (χ1n) is 12.8. The van der Waals surface area contributed by atoms with Gasteiger partial charge >= 0.3 is 13.6 Å². The number of imidazole rings is 2. The fourth-order valence-electron chi connectivity index (χ4n) is 5.25. The maximum absolute atomic E-state index is 13.4. The monoisotopic (exact) mass is 726 g/mol. The van der Waals surface area contributed by atoms with Crippen molar-refractivity contribution in [3.63, 3.8) is 0 Å². The molecule has 3 aliphatic heterocycles. The lowest BCUT2D eigenvalue weighted by atomic mass is 10.2. The van der Waals surface area contributed by atoms with Gasteiger partial charge in [0, 0.05) is 12.8 Å². The molecule has 24 heteroatoms. The number of nitrogens with two attached hydrogens (primary N) is 2. The predicted molar refractivity (Wildman–Crippen MR) is 161 cm³/mol. The van der Waals surface area contributed by atoms with Gasteiger partial charge in [-0.05, 0) is 23.2 Å². The molecule has 0 radical (unpaired) electrons. The highest BCUT2D eigenvalue weighted by Gasteiger charge is 2.47. The fraction of sp³-hybridized carbons (Fsp3) is 0.500. The minimum Gasteiger partial charge on any atom is -0.382 e. The molecule has 4 N–H and O–H groups in total. The third-order valence-corrected chi connectivity index (χ3v) is 10.8. The molecular formula is C20H22Cl2N10O8P2S2. The summed E-state index contributed by atoms with van der Waals surface area (Å²) in [5.41, 5.74) is 13.1. The lowest BCUT2D eigenvalue weighted by molar-refractivity contribution is -0.0535. The molecule has 0 bridgehead atoms. The van der Waals surface area contributed by atoms with E-state index in [-0.39, 0.29) is 48.3 Å². The van der Waals surface area contributed by atoms with Crippen LogP contribution in [-0.2, 0) is 36.7 Å². The Labute approximate surface area is 267 Å². The number of halogens is 2. The number of hydrogen-bond donors (Lipinski definition) is 4. The molecule has 3 fully saturated rings. The van der Waals surface area contributed by atoms with E-state index < -0.39 is 50.5 Å². The van der Waals surface area contributed by atoms with E-state index in [2.05, 4.69) is 54.4 Å². The summed E-state index contributed by atoms with van der Waals surface area (Å²) < 4.78 is 65.1. The number of thiol groups is 2. The molecule has 3 aliphatic rings. The Morgan fingerprint density at radius 3 is 1.55 bits per heavy atom. The summed E-state index contributed by atoms with van der Waals surface area (Å²) in [5.74, 6) is 0.170. The standard InChI is InChI=1S/C20H22Cl2N10O8P2S2/c21-19-27-15(23)13-17(29-19)31(5-25-13)11-1-7-9(37-11)3-35-42(34,44)40-8-2-12(38-10(8)4-36-41(33,43)39-7)32-6-26-14-16(24)28-20(22)30-18(14)32/h5-12H,1-4H2,(H,33,43)(H,34,44)(H2,23,27,29)(H2,24,28,30)/t7?,8?,9-,10-,11-,12-,41-,42-/m1/s1. The third-order valence-electron chi connectivity index (χ3n) is 7.16. The van der Waals surface area contributed by atoms with Gasteiger partial charge in [-0.1, -0.05) is 24.5 Å². The van der Waals surface area contributed by atoms with Crippen molar-refractivity contribution in [3.05, 3.63) is 23.2 Å². The summed E-state index contributed by atoms with van der Waals surface area (Å²) in [6.07, 6.45) is -1.97. The summed E-state index contributed by atoms with van der Waals surface area (Å²) in [5, 5.41) is -0.167. The van der Waals surface area contributed by atoms with Crippen molar-refractivity contribution in [1.82, 2.24) is 39.0 Å². The van der Waals surface area contributed by atoms with E-state index in [1.807, 2.05) is 0 Å². The van der Waals surface area contributed by atoms with Crippen molar-refractivity contribution in [2.75, 3.05) is 24.7 Å². The van der Waals surface area contributed by atoms with Gasteiger partial charge in [0.2, 0.25) is 10.6 Å². The van der Waals surface area contributed by atoms with E-state index in [1.54, 1.807) is 9.13 Å². The first kappa shape index (κ1) is 30.8. The molecule has 4 aromatic rings. The minimum atomic E-state index is -4.02. The normalized spacial score (nSPS) is 34.9. The van der Waals surface area contributed by atoms with Crippen molar-refractivity contribution in [1.29, 1.82) is 0 Å². The average molecular weight is 727 g/mol. The summed E-state index contributed by atoms with van der Waals surface area (Å²) in [6.45, 7) is -8.67. The molecule has 8 atom stereocenters. The second-order valence-corrected chi connectivity index (χ2v) is 16.4. The van der Waals surface area contributed by atoms with Crippen LogP contribution in [0.15, 0.2) is 12.7 Å². The number of nitrogens with zero attached hydrogens (tertiary/aromatic N) is 8. The van der Waals surface area contributed by atoms with Crippen LogP contribution >= 0.6 is 61.3 Å². The molecule has 18 nitrogen and oxygen atoms in total. The summed E-state index contributed by atoms with van der Waals surface area (Å²) >= 11 is 20.4. The molecule has 0 saturated carbocycles. The summed E-state index contributed by atoms with van der Waals surface area (Å²) in [6, 6.07) is 0. The van der Waals surface area contributed by atoms with Crippen molar-refractivity contribution >= 4 is 95.3 Å². The third kappa shape index (κ3) is 5.91. The topological polar surface area (TPSA) is 229 Å². The molecule has 236 valence electrons. The average Bonchev–Trinajstić information content (AvgIpc) is 3.70. The molecule has 44 heavy (non-hydrogen) atoms. The summed E-state index contributed by atoms with van der Waals surface area (Å²) in [7, 11) is 0. The highest BCUT2D eigenvalue weighted by atomic mass is 35.5. The maximum atomic E-state index is 13.4. The van der Waals surface area contributed by atoms with E-state index in [0.717, 1.165) is 0 Å². The van der Waals surface area contributed by atoms with Crippen LogP contribution in [-0.4, -0.2) is 76.7 Å². The first-order chi connectivity index (χ1) is 20.9. The zero-order valence-electron chi connectivity index (χ0n) is 22.0. The lowest BCUT2D eigenvalue weighted by Gasteiger charge is -2.27. The van der Waals surface area contributed by atoms with Crippen LogP contribution in [0, 0.1) is 0 Å². The Balaban J connectivity index is 1.13. The highest BCUT2D eigenvalue weighted by Crippen LogP contribution is 2.60. The Kier molecular flexibility index (Phi) is 8.04. The number of rotatable bonds is 2. The van der Waals surface area contributed by atoms with E-state index >= 15 is 0 Å². The van der Waals surface area contributed by atoms with Crippen LogP contribution in [0.1, 0.15) is 25.3 Å². The predicted octanol–water partition coefficient (Wildman–Crippen LogP) is 3.61. The fourth-order valence-corrected chi connectivity index (χ4v) is 8.63. The van der Waals surface area contributed by atoms with Crippen LogP contribution in [0.2, 0.25) is 10.6 Å². The van der Waals surface area contributed by atoms with Gasteiger partial charge in [-0.15, -0.1) is 0 Å². The van der Waals surface area contributed by atoms with Gasteiger partial charge in [-0.3, -0.25) is 27.2 Å². The van der Waals surface area contributed by atoms with E-state index in [0.29, 0.717) is 22.3 Å². The van der Waals surface area contributed by atoms with Crippen LogP contribution in [0.25, 0.3) is 22.3 Å². The largest absolute Gasteiger partial charge is 0.386 e. The van der Waals surface area contributed by atoms with Gasteiger partial charge in [0.15, 0.2) is 22.9 Å². The minimum absolute atomic E-state index is 0.0836. The molecule has 0 amide bonds. The molecule has 7 heterocycles. The van der Waals surface area contributed by atoms with Gasteiger partial charge < -0.3 is 20.9 Å². The maximum Gasteiger partial charge on any atom is 0.386 e. The number of fused-ring (bicyclic) bond motifs is 4. The molecule has 2 unspecified atom stereocenters. The highest BCUT2D eigenvalue weighted by molar-refractivity contribution is 8.44. The quantitative estimate of drug-likeness (QED) is 0.131. The number of hydrogen-bond acceptors (Lipinski definition) is 16. The lowest BCUT2D eigenvalue weighted by Crippen LogP contribution is -2.31. The van der Waals surface area contributed by atoms with E-state index in [1.165, 1.54) is 12.7 Å².